The summed E-state index contributed by atoms with van der Waals surface area (Å²) in [6.45, 7) is 0. The summed E-state index contributed by atoms with van der Waals surface area (Å²) in [6.07, 6.45) is 1.66. The molecule has 0 spiro atoms. The predicted octanol–water partition coefficient (Wildman–Crippen LogP) is 2.54. The largest absolute Gasteiger partial charge is 0.449 e. The smallest absolute Gasteiger partial charge is 0.248 e. The molecule has 0 aliphatic rings. The highest BCUT2D eigenvalue weighted by atomic mass is 19.1. The van der Waals surface area contributed by atoms with Crippen molar-refractivity contribution in [1.82, 2.24) is 9.78 Å². The van der Waals surface area contributed by atoms with E-state index in [4.69, 9.17) is 4.42 Å². The molecular formula is C13H9FN2O2. The second kappa shape index (κ2) is 3.80. The van der Waals surface area contributed by atoms with Gasteiger partial charge < -0.3 is 4.42 Å². The number of benzene rings is 1. The lowest BCUT2D eigenvalue weighted by atomic mass is 10.2. The van der Waals surface area contributed by atoms with E-state index < -0.39 is 5.82 Å². The number of fused-ring (bicyclic) bond motifs is 1. The first-order chi connectivity index (χ1) is 8.65. The summed E-state index contributed by atoms with van der Waals surface area (Å²) in [4.78, 5) is 12.0. The SMILES string of the molecule is Cn1ccc(C(=O)c2cc3cccc(F)c3o2)n1. The molecule has 3 rings (SSSR count). The van der Waals surface area contributed by atoms with Crippen molar-refractivity contribution in [2.24, 2.45) is 7.05 Å². The van der Waals surface area contributed by atoms with Crippen molar-refractivity contribution in [2.75, 3.05) is 0 Å². The number of hydrogen-bond acceptors (Lipinski definition) is 3. The fraction of sp³-hybridized carbons (Fsp3) is 0.0769. The zero-order valence-electron chi connectivity index (χ0n) is 9.55. The number of furan rings is 1. The molecule has 0 aliphatic carbocycles. The Kier molecular flexibility index (Phi) is 2.26. The van der Waals surface area contributed by atoms with Gasteiger partial charge in [0.1, 0.15) is 5.69 Å². The van der Waals surface area contributed by atoms with E-state index in [-0.39, 0.29) is 22.8 Å². The Morgan fingerprint density at radius 3 is 2.89 bits per heavy atom. The third-order valence-electron chi connectivity index (χ3n) is 2.67. The van der Waals surface area contributed by atoms with Gasteiger partial charge in [0.05, 0.1) is 0 Å². The molecule has 0 unspecified atom stereocenters. The standard InChI is InChI=1S/C13H9FN2O2/c1-16-6-5-10(15-16)12(17)11-7-8-3-2-4-9(14)13(8)18-11/h2-7H,1H3. The molecule has 5 heteroatoms. The normalized spacial score (nSPS) is 11.0. The minimum absolute atomic E-state index is 0.0915. The lowest BCUT2D eigenvalue weighted by Crippen LogP contribution is -2.01. The van der Waals surface area contributed by atoms with Crippen molar-refractivity contribution in [3.63, 3.8) is 0 Å². The summed E-state index contributed by atoms with van der Waals surface area (Å²) in [7, 11) is 1.72. The molecular weight excluding hydrogens is 235 g/mol. The summed E-state index contributed by atoms with van der Waals surface area (Å²) >= 11 is 0. The lowest BCUT2D eigenvalue weighted by Gasteiger charge is -1.91. The van der Waals surface area contributed by atoms with Crippen LogP contribution in [0.4, 0.5) is 4.39 Å². The van der Waals surface area contributed by atoms with Crippen LogP contribution in [0.5, 0.6) is 0 Å². The molecule has 0 radical (unpaired) electrons. The average molecular weight is 244 g/mol. The number of para-hydroxylation sites is 1. The summed E-state index contributed by atoms with van der Waals surface area (Å²) in [5.41, 5.74) is 0.369. The van der Waals surface area contributed by atoms with Crippen LogP contribution in [-0.2, 0) is 7.05 Å². The van der Waals surface area contributed by atoms with E-state index in [2.05, 4.69) is 5.10 Å². The number of carbonyl (C=O) groups is 1. The molecule has 0 saturated heterocycles. The van der Waals surface area contributed by atoms with Crippen molar-refractivity contribution < 1.29 is 13.6 Å². The van der Waals surface area contributed by atoms with E-state index in [1.165, 1.54) is 16.8 Å². The highest BCUT2D eigenvalue weighted by Gasteiger charge is 2.18. The van der Waals surface area contributed by atoms with Gasteiger partial charge in [0.15, 0.2) is 17.2 Å². The van der Waals surface area contributed by atoms with Gasteiger partial charge >= 0.3 is 0 Å². The molecule has 2 aromatic heterocycles. The number of nitrogens with zero attached hydrogens (tertiary/aromatic N) is 2. The van der Waals surface area contributed by atoms with Crippen molar-refractivity contribution in [3.8, 4) is 0 Å². The maximum atomic E-state index is 13.4. The van der Waals surface area contributed by atoms with Gasteiger partial charge in [0.25, 0.3) is 0 Å². The second-order valence-corrected chi connectivity index (χ2v) is 3.97. The van der Waals surface area contributed by atoms with Crippen LogP contribution in [0.1, 0.15) is 16.2 Å². The number of aryl methyl sites for hydroxylation is 1. The van der Waals surface area contributed by atoms with Gasteiger partial charge in [-0.3, -0.25) is 9.48 Å². The first-order valence-corrected chi connectivity index (χ1v) is 5.37. The quantitative estimate of drug-likeness (QED) is 0.651. The van der Waals surface area contributed by atoms with Crippen LogP contribution >= 0.6 is 0 Å². The molecule has 4 nitrogen and oxygen atoms in total. The highest BCUT2D eigenvalue weighted by Crippen LogP contribution is 2.23. The van der Waals surface area contributed by atoms with Gasteiger partial charge in [-0.25, -0.2) is 4.39 Å². The molecule has 0 amide bonds. The molecule has 0 atom stereocenters. The van der Waals surface area contributed by atoms with Crippen LogP contribution in [0.25, 0.3) is 11.0 Å². The topological polar surface area (TPSA) is 48.0 Å². The maximum absolute atomic E-state index is 13.4. The molecule has 0 fully saturated rings. The van der Waals surface area contributed by atoms with E-state index in [1.807, 2.05) is 0 Å². The average Bonchev–Trinajstić information content (AvgIpc) is 2.95. The van der Waals surface area contributed by atoms with Crippen LogP contribution in [0, 0.1) is 5.82 Å². The number of halogens is 1. The van der Waals surface area contributed by atoms with E-state index in [0.717, 1.165) is 0 Å². The Morgan fingerprint density at radius 1 is 1.39 bits per heavy atom. The summed E-state index contributed by atoms with van der Waals surface area (Å²) < 4.78 is 20.2. The van der Waals surface area contributed by atoms with Crippen molar-refractivity contribution in [2.45, 2.75) is 0 Å². The second-order valence-electron chi connectivity index (χ2n) is 3.97. The Balaban J connectivity index is 2.10. The van der Waals surface area contributed by atoms with Crippen molar-refractivity contribution in [1.29, 1.82) is 0 Å². The number of rotatable bonds is 2. The Morgan fingerprint density at radius 2 is 2.22 bits per heavy atom. The molecule has 0 saturated carbocycles. The number of hydrogen-bond donors (Lipinski definition) is 0. The Bertz CT molecular complexity index is 742. The molecule has 2 heterocycles. The number of ketones is 1. The van der Waals surface area contributed by atoms with Gasteiger partial charge in [-0.15, -0.1) is 0 Å². The Hall–Kier alpha value is -2.43. The van der Waals surface area contributed by atoms with Crippen LogP contribution in [0.2, 0.25) is 0 Å². The van der Waals surface area contributed by atoms with Crippen LogP contribution in [-0.4, -0.2) is 15.6 Å². The number of aromatic nitrogens is 2. The molecule has 90 valence electrons. The lowest BCUT2D eigenvalue weighted by molar-refractivity contribution is 0.101. The molecule has 18 heavy (non-hydrogen) atoms. The minimum atomic E-state index is -0.479. The van der Waals surface area contributed by atoms with E-state index >= 15 is 0 Å². The zero-order chi connectivity index (χ0) is 12.7. The third kappa shape index (κ3) is 1.60. The summed E-state index contributed by atoms with van der Waals surface area (Å²) in [5, 5.41) is 4.56. The van der Waals surface area contributed by atoms with Gasteiger partial charge in [0.2, 0.25) is 5.78 Å². The van der Waals surface area contributed by atoms with E-state index in [9.17, 15) is 9.18 Å². The van der Waals surface area contributed by atoms with Gasteiger partial charge in [-0.05, 0) is 18.2 Å². The van der Waals surface area contributed by atoms with Crippen LogP contribution in [0.3, 0.4) is 0 Å². The first-order valence-electron chi connectivity index (χ1n) is 5.37. The van der Waals surface area contributed by atoms with Crippen LogP contribution in [0.15, 0.2) is 40.9 Å². The third-order valence-corrected chi connectivity index (χ3v) is 2.67. The number of carbonyl (C=O) groups excluding carboxylic acids is 1. The zero-order valence-corrected chi connectivity index (χ0v) is 9.55. The molecule has 1 aromatic carbocycles. The van der Waals surface area contributed by atoms with E-state index in [0.29, 0.717) is 5.39 Å². The molecule has 0 aliphatic heterocycles. The fourth-order valence-corrected chi connectivity index (χ4v) is 1.80. The summed E-state index contributed by atoms with van der Waals surface area (Å²) in [6, 6.07) is 7.67. The fourth-order valence-electron chi connectivity index (χ4n) is 1.80. The van der Waals surface area contributed by atoms with Gasteiger partial charge in [0, 0.05) is 18.6 Å². The molecule has 0 N–H and O–H groups in total. The highest BCUT2D eigenvalue weighted by molar-refractivity contribution is 6.07. The summed E-state index contributed by atoms with van der Waals surface area (Å²) in [5.74, 6) is -0.743. The maximum Gasteiger partial charge on any atom is 0.248 e. The monoisotopic (exact) mass is 244 g/mol. The first kappa shape index (κ1) is 10.7. The van der Waals surface area contributed by atoms with Crippen molar-refractivity contribution in [3.05, 3.63) is 53.8 Å². The van der Waals surface area contributed by atoms with Gasteiger partial charge in [-0.2, -0.15) is 5.10 Å². The van der Waals surface area contributed by atoms with Crippen molar-refractivity contribution >= 4 is 16.8 Å². The predicted molar refractivity (Wildman–Crippen MR) is 62.8 cm³/mol. The minimum Gasteiger partial charge on any atom is -0.449 e. The van der Waals surface area contributed by atoms with E-state index in [1.54, 1.807) is 31.4 Å². The molecule has 0 bridgehead atoms. The van der Waals surface area contributed by atoms with Gasteiger partial charge in [-0.1, -0.05) is 12.1 Å². The van der Waals surface area contributed by atoms with Crippen LogP contribution < -0.4 is 0 Å². The molecule has 3 aromatic rings. The Labute approximate surface area is 102 Å².